The van der Waals surface area contributed by atoms with E-state index in [0.29, 0.717) is 6.54 Å². The first-order valence-electron chi connectivity index (χ1n) is 10.6. The lowest BCUT2D eigenvalue weighted by molar-refractivity contribution is 0.252. The molecule has 172 valence electrons. The van der Waals surface area contributed by atoms with Gasteiger partial charge in [0.2, 0.25) is 10.0 Å². The van der Waals surface area contributed by atoms with Crippen LogP contribution in [0.4, 0.5) is 15.0 Å². The average molecular weight is 463 g/mol. The van der Waals surface area contributed by atoms with Gasteiger partial charge in [-0.25, -0.2) is 22.3 Å². The molecule has 32 heavy (non-hydrogen) atoms. The molecule has 1 heterocycles. The van der Waals surface area contributed by atoms with Crippen LogP contribution in [0.3, 0.4) is 0 Å². The molecule has 0 saturated heterocycles. The molecule has 1 aromatic heterocycles. The summed E-state index contributed by atoms with van der Waals surface area (Å²) >= 11 is 0. The first-order chi connectivity index (χ1) is 15.4. The van der Waals surface area contributed by atoms with Crippen molar-refractivity contribution in [3.05, 3.63) is 41.8 Å². The van der Waals surface area contributed by atoms with Crippen molar-refractivity contribution in [2.75, 3.05) is 24.2 Å². The highest BCUT2D eigenvalue weighted by atomic mass is 32.2. The van der Waals surface area contributed by atoms with E-state index in [0.717, 1.165) is 32.1 Å². The van der Waals surface area contributed by atoms with E-state index in [-0.39, 0.29) is 35.4 Å². The van der Waals surface area contributed by atoms with Crippen molar-refractivity contribution in [2.45, 2.75) is 45.1 Å². The number of sulfonamides is 1. The van der Waals surface area contributed by atoms with Gasteiger partial charge in [-0.1, -0.05) is 32.3 Å². The lowest BCUT2D eigenvalue weighted by atomic mass is 9.95. The summed E-state index contributed by atoms with van der Waals surface area (Å²) in [5.74, 6) is -0.673. The molecule has 0 spiro atoms. The standard InChI is InChI=1S/C21H27FN6O3S/c1-2-28(16-7-4-3-5-8-16)32(30,31)14-12-24-21(29)25-20-11-13-27(26-20)19-10-6-9-18(22)17(19)15-23/h6,9-11,13,16H,2-5,7-8,12,14H2,1H3,(H2,24,25,26,29). The third-order valence-electron chi connectivity index (χ3n) is 5.48. The quantitative estimate of drug-likeness (QED) is 0.625. The number of amides is 2. The summed E-state index contributed by atoms with van der Waals surface area (Å²) in [6, 6.07) is 6.90. The molecule has 0 bridgehead atoms. The van der Waals surface area contributed by atoms with E-state index in [1.165, 1.54) is 35.1 Å². The Morgan fingerprint density at radius 3 is 2.75 bits per heavy atom. The number of urea groups is 1. The molecule has 2 aromatic rings. The van der Waals surface area contributed by atoms with Crippen molar-refractivity contribution in [1.82, 2.24) is 19.4 Å². The second-order valence-corrected chi connectivity index (χ2v) is 9.62. The van der Waals surface area contributed by atoms with Crippen LogP contribution in [-0.2, 0) is 10.0 Å². The number of benzene rings is 1. The van der Waals surface area contributed by atoms with Crippen LogP contribution in [0.5, 0.6) is 0 Å². The highest BCUT2D eigenvalue weighted by Crippen LogP contribution is 2.24. The number of carbonyl (C=O) groups excluding carboxylic acids is 1. The first kappa shape index (κ1) is 23.7. The molecule has 3 rings (SSSR count). The largest absolute Gasteiger partial charge is 0.337 e. The van der Waals surface area contributed by atoms with E-state index in [1.807, 2.05) is 6.92 Å². The zero-order valence-corrected chi connectivity index (χ0v) is 18.7. The Hall–Kier alpha value is -2.97. The van der Waals surface area contributed by atoms with Crippen molar-refractivity contribution >= 4 is 21.9 Å². The van der Waals surface area contributed by atoms with Crippen molar-refractivity contribution in [3.8, 4) is 11.8 Å². The van der Waals surface area contributed by atoms with Crippen molar-refractivity contribution in [2.24, 2.45) is 0 Å². The summed E-state index contributed by atoms with van der Waals surface area (Å²) in [6.45, 7) is 2.21. The van der Waals surface area contributed by atoms with Crippen LogP contribution in [-0.4, -0.2) is 53.4 Å². The number of nitrogens with zero attached hydrogens (tertiary/aromatic N) is 4. The first-order valence-corrected chi connectivity index (χ1v) is 12.3. The minimum absolute atomic E-state index is 0.0395. The highest BCUT2D eigenvalue weighted by molar-refractivity contribution is 7.89. The van der Waals surface area contributed by atoms with Crippen LogP contribution in [0.1, 0.15) is 44.6 Å². The Morgan fingerprint density at radius 1 is 1.31 bits per heavy atom. The molecule has 0 atom stereocenters. The second kappa shape index (κ2) is 10.6. The minimum atomic E-state index is -3.48. The Bertz CT molecular complexity index is 1090. The van der Waals surface area contributed by atoms with Gasteiger partial charge in [0.1, 0.15) is 17.4 Å². The molecular weight excluding hydrogens is 435 g/mol. The molecule has 1 aromatic carbocycles. The summed E-state index contributed by atoms with van der Waals surface area (Å²) in [5, 5.41) is 18.3. The smallest absolute Gasteiger partial charge is 0.320 e. The zero-order chi connectivity index (χ0) is 23.1. The molecule has 1 saturated carbocycles. The zero-order valence-electron chi connectivity index (χ0n) is 17.9. The summed E-state index contributed by atoms with van der Waals surface area (Å²) in [4.78, 5) is 12.2. The lowest BCUT2D eigenvalue weighted by Gasteiger charge is -2.32. The maximum atomic E-state index is 13.8. The second-order valence-electron chi connectivity index (χ2n) is 7.58. The van der Waals surface area contributed by atoms with Gasteiger partial charge in [-0.15, -0.1) is 5.10 Å². The lowest BCUT2D eigenvalue weighted by Crippen LogP contribution is -2.44. The molecule has 0 unspecified atom stereocenters. The predicted molar refractivity (Wildman–Crippen MR) is 118 cm³/mol. The van der Waals surface area contributed by atoms with E-state index in [2.05, 4.69) is 15.7 Å². The van der Waals surface area contributed by atoms with Gasteiger partial charge < -0.3 is 5.32 Å². The molecule has 2 N–H and O–H groups in total. The number of hydrogen-bond donors (Lipinski definition) is 2. The van der Waals surface area contributed by atoms with E-state index in [4.69, 9.17) is 5.26 Å². The predicted octanol–water partition coefficient (Wildman–Crippen LogP) is 2.99. The Labute approximate surface area is 187 Å². The van der Waals surface area contributed by atoms with Gasteiger partial charge in [-0.2, -0.15) is 9.57 Å². The maximum absolute atomic E-state index is 13.8. The van der Waals surface area contributed by atoms with Crippen LogP contribution >= 0.6 is 0 Å². The van der Waals surface area contributed by atoms with Gasteiger partial charge in [-0.3, -0.25) is 5.32 Å². The van der Waals surface area contributed by atoms with Gasteiger partial charge in [0.25, 0.3) is 0 Å². The molecule has 0 aliphatic heterocycles. The molecule has 1 fully saturated rings. The van der Waals surface area contributed by atoms with Gasteiger partial charge in [0.05, 0.1) is 11.4 Å². The number of nitrogens with one attached hydrogen (secondary N) is 2. The third-order valence-corrected chi connectivity index (χ3v) is 7.47. The summed E-state index contributed by atoms with van der Waals surface area (Å²) < 4.78 is 42.1. The molecule has 9 nitrogen and oxygen atoms in total. The fraction of sp³-hybridized carbons (Fsp3) is 0.476. The molecular formula is C21H27FN6O3S. The summed E-state index contributed by atoms with van der Waals surface area (Å²) in [7, 11) is -3.48. The van der Waals surface area contributed by atoms with Crippen molar-refractivity contribution in [1.29, 1.82) is 5.26 Å². The van der Waals surface area contributed by atoms with Gasteiger partial charge in [0.15, 0.2) is 5.82 Å². The third kappa shape index (κ3) is 5.63. The van der Waals surface area contributed by atoms with E-state index >= 15 is 0 Å². The molecule has 1 aliphatic rings. The Kier molecular flexibility index (Phi) is 7.82. The van der Waals surface area contributed by atoms with Gasteiger partial charge in [-0.05, 0) is 25.0 Å². The van der Waals surface area contributed by atoms with Gasteiger partial charge in [0, 0.05) is 31.4 Å². The number of anilines is 1. The number of aromatic nitrogens is 2. The van der Waals surface area contributed by atoms with Crippen LogP contribution in [0.15, 0.2) is 30.5 Å². The topological polar surface area (TPSA) is 120 Å². The number of nitriles is 1. The normalized spacial score (nSPS) is 14.8. The Morgan fingerprint density at radius 2 is 2.06 bits per heavy atom. The Balaban J connectivity index is 1.55. The van der Waals surface area contributed by atoms with Gasteiger partial charge >= 0.3 is 6.03 Å². The summed E-state index contributed by atoms with van der Waals surface area (Å²) in [6.07, 6.45) is 6.46. The van der Waals surface area contributed by atoms with Crippen LogP contribution in [0, 0.1) is 17.1 Å². The minimum Gasteiger partial charge on any atom is -0.337 e. The van der Waals surface area contributed by atoms with Crippen molar-refractivity contribution < 1.29 is 17.6 Å². The van der Waals surface area contributed by atoms with E-state index in [1.54, 1.807) is 10.4 Å². The van der Waals surface area contributed by atoms with Crippen molar-refractivity contribution in [3.63, 3.8) is 0 Å². The number of halogens is 1. The number of rotatable bonds is 8. The monoisotopic (exact) mass is 462 g/mol. The number of hydrogen-bond acceptors (Lipinski definition) is 5. The van der Waals surface area contributed by atoms with E-state index in [9.17, 15) is 17.6 Å². The van der Waals surface area contributed by atoms with Crippen LogP contribution in [0.25, 0.3) is 5.69 Å². The highest BCUT2D eigenvalue weighted by Gasteiger charge is 2.29. The van der Waals surface area contributed by atoms with Crippen LogP contribution < -0.4 is 10.6 Å². The van der Waals surface area contributed by atoms with Crippen LogP contribution in [0.2, 0.25) is 0 Å². The molecule has 0 radical (unpaired) electrons. The molecule has 2 amide bonds. The summed E-state index contributed by atoms with van der Waals surface area (Å²) in [5.41, 5.74) is 0.0877. The maximum Gasteiger partial charge on any atom is 0.320 e. The average Bonchev–Trinajstić information content (AvgIpc) is 3.22. The van der Waals surface area contributed by atoms with E-state index < -0.39 is 21.9 Å². The SMILES string of the molecule is CCN(C1CCCCC1)S(=O)(=O)CCNC(=O)Nc1ccn(-c2cccc(F)c2C#N)n1. The fourth-order valence-corrected chi connectivity index (χ4v) is 5.61. The molecule has 1 aliphatic carbocycles. The molecule has 11 heteroatoms. The number of carbonyl (C=O) groups is 1. The fourth-order valence-electron chi connectivity index (χ4n) is 3.96.